The molecule has 314 valence electrons. The van der Waals surface area contributed by atoms with Crippen molar-refractivity contribution in [2.24, 2.45) is 0 Å². The number of benzene rings is 9. The van der Waals surface area contributed by atoms with Crippen LogP contribution in [0.25, 0.3) is 126 Å². The Hall–Kier alpha value is -7.87. The smallest absolute Gasteiger partial charge is 0.165 e. The van der Waals surface area contributed by atoms with Gasteiger partial charge < -0.3 is 8.98 Å². The van der Waals surface area contributed by atoms with Crippen LogP contribution in [0.15, 0.2) is 180 Å². The minimum atomic E-state index is 0.634. The summed E-state index contributed by atoms with van der Waals surface area (Å²) >= 11 is 1.82. The highest BCUT2D eigenvalue weighted by molar-refractivity contribution is 7.26. The van der Waals surface area contributed by atoms with Crippen LogP contribution in [0, 0.1) is 0 Å². The van der Waals surface area contributed by atoms with Gasteiger partial charge in [-0.3, -0.25) is 0 Å². The van der Waals surface area contributed by atoms with Gasteiger partial charge in [0.25, 0.3) is 0 Å². The van der Waals surface area contributed by atoms with Gasteiger partial charge >= 0.3 is 0 Å². The van der Waals surface area contributed by atoms with Gasteiger partial charge in [0.1, 0.15) is 50.4 Å². The molecule has 0 aliphatic heterocycles. The number of aromatic nitrogens is 4. The van der Waals surface area contributed by atoms with Crippen LogP contribution in [0.3, 0.4) is 0 Å². The lowest BCUT2D eigenvalue weighted by atomic mass is 9.60. The molecule has 0 amide bonds. The Morgan fingerprint density at radius 2 is 1.00 bits per heavy atom. The summed E-state index contributed by atoms with van der Waals surface area (Å²) in [6, 6.07) is 62.8. The standard InChI is InChI=1S/C57H39B5N4OS/c58-47-46(48(59)50(61)51(62)49(47)60)57-64-55(31-15-5-2-6-16-31)63-56(65-57)41-29-34(66-42-23-9-7-20-39(42)45-43(66)26-25-37-36-19-8-10-24-44(36)67-52(37)45)28-40-38-22-12-21-35(53(38)68-54(40)41)33-18-11-17-32(27-33)30-13-3-1-4-14-30/h1-29H,58-62H2. The number of hydrogen-bond acceptors (Lipinski definition) is 5. The summed E-state index contributed by atoms with van der Waals surface area (Å²) in [4.78, 5) is 16.3. The first-order valence-corrected chi connectivity index (χ1v) is 24.0. The fourth-order valence-electron chi connectivity index (χ4n) is 10.6. The third-order valence-corrected chi connectivity index (χ3v) is 15.7. The van der Waals surface area contributed by atoms with Crippen LogP contribution in [0.1, 0.15) is 0 Å². The first-order valence-electron chi connectivity index (χ1n) is 23.2. The van der Waals surface area contributed by atoms with Gasteiger partial charge in [0, 0.05) is 58.7 Å². The highest BCUT2D eigenvalue weighted by atomic mass is 32.1. The number of nitrogens with zero attached hydrogens (tertiary/aromatic N) is 4. The van der Waals surface area contributed by atoms with E-state index in [4.69, 9.17) is 19.4 Å². The predicted octanol–water partition coefficient (Wildman–Crippen LogP) is 6.86. The molecule has 0 bridgehead atoms. The number of para-hydroxylation sites is 2. The third-order valence-electron chi connectivity index (χ3n) is 14.4. The normalized spacial score (nSPS) is 11.8. The molecule has 0 saturated carbocycles. The zero-order chi connectivity index (χ0) is 45.8. The Morgan fingerprint density at radius 1 is 0.397 bits per heavy atom. The van der Waals surface area contributed by atoms with Crippen LogP contribution in [0.2, 0.25) is 0 Å². The Balaban J connectivity index is 1.14. The van der Waals surface area contributed by atoms with Crippen molar-refractivity contribution in [1.29, 1.82) is 0 Å². The maximum atomic E-state index is 6.74. The summed E-state index contributed by atoms with van der Waals surface area (Å²) in [6.07, 6.45) is 0. The molecule has 0 atom stereocenters. The number of furan rings is 1. The van der Waals surface area contributed by atoms with E-state index in [-0.39, 0.29) is 0 Å². The Labute approximate surface area is 401 Å². The molecule has 13 aromatic rings. The van der Waals surface area contributed by atoms with E-state index in [1.165, 1.54) is 59.7 Å². The van der Waals surface area contributed by atoms with Crippen LogP contribution >= 0.6 is 11.3 Å². The fraction of sp³-hybridized carbons (Fsp3) is 0. The lowest BCUT2D eigenvalue weighted by molar-refractivity contribution is 0.673. The molecule has 0 saturated heterocycles. The van der Waals surface area contributed by atoms with E-state index in [1.807, 2.05) is 23.5 Å². The lowest BCUT2D eigenvalue weighted by Crippen LogP contribution is -2.55. The van der Waals surface area contributed by atoms with Crippen molar-refractivity contribution in [3.8, 4) is 62.1 Å². The quantitative estimate of drug-likeness (QED) is 0.172. The molecule has 68 heavy (non-hydrogen) atoms. The van der Waals surface area contributed by atoms with Gasteiger partial charge in [-0.25, -0.2) is 15.0 Å². The molecule has 11 heteroatoms. The second-order valence-electron chi connectivity index (χ2n) is 18.1. The minimum absolute atomic E-state index is 0.634. The summed E-state index contributed by atoms with van der Waals surface area (Å²) < 4.78 is 11.5. The lowest BCUT2D eigenvalue weighted by Gasteiger charge is -2.20. The van der Waals surface area contributed by atoms with Gasteiger partial charge in [-0.15, -0.1) is 27.7 Å². The first-order chi connectivity index (χ1) is 33.3. The van der Waals surface area contributed by atoms with Crippen molar-refractivity contribution in [2.75, 3.05) is 0 Å². The van der Waals surface area contributed by atoms with E-state index in [9.17, 15) is 0 Å². The fourth-order valence-corrected chi connectivity index (χ4v) is 11.9. The first kappa shape index (κ1) is 40.4. The molecule has 4 aromatic heterocycles. The second-order valence-corrected chi connectivity index (χ2v) is 19.1. The zero-order valence-corrected chi connectivity index (χ0v) is 39.2. The monoisotopic (exact) mass is 882 g/mol. The van der Waals surface area contributed by atoms with E-state index in [2.05, 4.69) is 208 Å². The highest BCUT2D eigenvalue weighted by Gasteiger charge is 2.25. The van der Waals surface area contributed by atoms with Crippen LogP contribution in [-0.2, 0) is 0 Å². The maximum absolute atomic E-state index is 6.74. The van der Waals surface area contributed by atoms with Gasteiger partial charge in [-0.2, -0.15) is 0 Å². The van der Waals surface area contributed by atoms with E-state index < -0.39 is 0 Å². The highest BCUT2D eigenvalue weighted by Crippen LogP contribution is 2.47. The number of hydrogen-bond donors (Lipinski definition) is 0. The molecule has 9 aromatic carbocycles. The molecule has 13 rings (SSSR count). The summed E-state index contributed by atoms with van der Waals surface area (Å²) in [6.45, 7) is 0. The van der Waals surface area contributed by atoms with Gasteiger partial charge in [-0.05, 0) is 64.7 Å². The SMILES string of the molecule is Bc1c(B)c(B)c(-c2nc(-c3ccccc3)nc(-c3cc(-n4c5ccccc5c5c6oc7ccccc7c6ccc54)cc4c3sc3c(-c5cccc(-c6ccccc6)c5)cccc34)n2)c(B)c1B. The predicted molar refractivity (Wildman–Crippen MR) is 302 cm³/mol. The molecule has 0 spiro atoms. The van der Waals surface area contributed by atoms with Gasteiger partial charge in [0.2, 0.25) is 0 Å². The van der Waals surface area contributed by atoms with Crippen molar-refractivity contribution >= 4 is 142 Å². The Bertz CT molecular complexity index is 4190. The van der Waals surface area contributed by atoms with Crippen LogP contribution in [-0.4, -0.2) is 58.8 Å². The third kappa shape index (κ3) is 6.19. The molecular formula is C57H39B5N4OS. The average Bonchev–Trinajstić information content (AvgIpc) is 4.07. The van der Waals surface area contributed by atoms with Crippen molar-refractivity contribution in [1.82, 2.24) is 19.5 Å². The van der Waals surface area contributed by atoms with E-state index >= 15 is 0 Å². The van der Waals surface area contributed by atoms with E-state index in [0.717, 1.165) is 76.2 Å². The second kappa shape index (κ2) is 15.6. The van der Waals surface area contributed by atoms with E-state index in [0.29, 0.717) is 17.5 Å². The Kier molecular flexibility index (Phi) is 9.28. The molecule has 0 N–H and O–H groups in total. The summed E-state index contributed by atoms with van der Waals surface area (Å²) in [5.41, 5.74) is 18.9. The van der Waals surface area contributed by atoms with Gasteiger partial charge in [-0.1, -0.05) is 144 Å². The summed E-state index contributed by atoms with van der Waals surface area (Å²) in [5, 5.41) is 6.78. The molecule has 0 aliphatic rings. The van der Waals surface area contributed by atoms with Gasteiger partial charge in [0.05, 0.1) is 16.4 Å². The number of rotatable bonds is 6. The summed E-state index contributed by atoms with van der Waals surface area (Å²) in [5.74, 6) is 1.95. The van der Waals surface area contributed by atoms with Crippen molar-refractivity contribution < 1.29 is 4.42 Å². The minimum Gasteiger partial charge on any atom is -0.455 e. The molecule has 5 nitrogen and oxygen atoms in total. The number of fused-ring (bicyclic) bond motifs is 10. The van der Waals surface area contributed by atoms with Crippen molar-refractivity contribution in [3.63, 3.8) is 0 Å². The zero-order valence-electron chi connectivity index (χ0n) is 38.3. The van der Waals surface area contributed by atoms with Crippen LogP contribution in [0.5, 0.6) is 0 Å². The van der Waals surface area contributed by atoms with Crippen LogP contribution < -0.4 is 27.3 Å². The molecule has 4 heterocycles. The summed E-state index contributed by atoms with van der Waals surface area (Å²) in [7, 11) is 11.0. The molecular weight excluding hydrogens is 843 g/mol. The Morgan fingerprint density at radius 3 is 1.79 bits per heavy atom. The van der Waals surface area contributed by atoms with Crippen molar-refractivity contribution in [3.05, 3.63) is 176 Å². The molecule has 0 radical (unpaired) electrons. The molecule has 0 unspecified atom stereocenters. The largest absolute Gasteiger partial charge is 0.455 e. The van der Waals surface area contributed by atoms with E-state index in [1.54, 1.807) is 0 Å². The topological polar surface area (TPSA) is 56.7 Å². The maximum Gasteiger partial charge on any atom is 0.165 e. The average molecular weight is 882 g/mol. The van der Waals surface area contributed by atoms with Crippen molar-refractivity contribution in [2.45, 2.75) is 0 Å². The number of thiophene rings is 1. The molecule has 0 fully saturated rings. The van der Waals surface area contributed by atoms with Crippen LogP contribution in [0.4, 0.5) is 0 Å². The molecule has 0 aliphatic carbocycles. The van der Waals surface area contributed by atoms with Gasteiger partial charge in [0.15, 0.2) is 17.5 Å².